The number of hydrogen-bond acceptors (Lipinski definition) is 5. The van der Waals surface area contributed by atoms with Crippen molar-refractivity contribution in [1.82, 2.24) is 4.98 Å². The number of hydrogen-bond donors (Lipinski definition) is 3. The van der Waals surface area contributed by atoms with Gasteiger partial charge in [0.2, 0.25) is 5.88 Å². The molecule has 1 aromatic carbocycles. The van der Waals surface area contributed by atoms with Gasteiger partial charge in [0, 0.05) is 24.5 Å². The summed E-state index contributed by atoms with van der Waals surface area (Å²) in [5, 5.41) is 3.27. The maximum Gasteiger partial charge on any atom is 0.237 e. The van der Waals surface area contributed by atoms with Gasteiger partial charge >= 0.3 is 0 Å². The molecule has 0 radical (unpaired) electrons. The van der Waals surface area contributed by atoms with Crippen molar-refractivity contribution >= 4 is 18.3 Å². The molecule has 0 aliphatic heterocycles. The molecule has 124 valence electrons. The van der Waals surface area contributed by atoms with E-state index in [0.29, 0.717) is 24.8 Å². The Balaban J connectivity index is 1.72. The Hall–Kier alpha value is -1.72. The van der Waals surface area contributed by atoms with Crippen LogP contribution in [-0.2, 0) is 6.42 Å². The first-order chi connectivity index (χ1) is 11.3. The Morgan fingerprint density at radius 1 is 1.13 bits per heavy atom. The summed E-state index contributed by atoms with van der Waals surface area (Å²) in [6, 6.07) is 14.4. The maximum atomic E-state index is 5.87. The lowest BCUT2D eigenvalue weighted by Gasteiger charge is -2.14. The van der Waals surface area contributed by atoms with Gasteiger partial charge < -0.3 is 15.8 Å². The minimum Gasteiger partial charge on any atom is -0.476 e. The van der Waals surface area contributed by atoms with E-state index < -0.39 is 0 Å². The number of thiol groups is 1. The molecule has 2 aromatic rings. The summed E-state index contributed by atoms with van der Waals surface area (Å²) in [4.78, 5) is 4.29. The zero-order valence-electron chi connectivity index (χ0n) is 13.3. The third-order valence-electron chi connectivity index (χ3n) is 3.50. The summed E-state index contributed by atoms with van der Waals surface area (Å²) in [6.07, 6.45) is 4.92. The number of benzene rings is 1. The monoisotopic (exact) mass is 331 g/mol. The first-order valence-electron chi connectivity index (χ1n) is 8.01. The second kappa shape index (κ2) is 10.1. The van der Waals surface area contributed by atoms with Crippen molar-refractivity contribution in [2.75, 3.05) is 24.2 Å². The topological polar surface area (TPSA) is 60.2 Å². The van der Waals surface area contributed by atoms with Crippen LogP contribution in [0.3, 0.4) is 0 Å². The van der Waals surface area contributed by atoms with Crippen LogP contribution in [0.5, 0.6) is 5.88 Å². The van der Waals surface area contributed by atoms with E-state index in [1.807, 2.05) is 18.2 Å². The summed E-state index contributed by atoms with van der Waals surface area (Å²) in [5.41, 5.74) is 8.12. The smallest absolute Gasteiger partial charge is 0.237 e. The van der Waals surface area contributed by atoms with Gasteiger partial charge in [-0.25, -0.2) is 4.98 Å². The Morgan fingerprint density at radius 3 is 2.74 bits per heavy atom. The number of rotatable bonds is 10. The van der Waals surface area contributed by atoms with Gasteiger partial charge in [0.25, 0.3) is 0 Å². The van der Waals surface area contributed by atoms with Crippen molar-refractivity contribution in [2.45, 2.75) is 25.3 Å². The molecule has 0 amide bonds. The van der Waals surface area contributed by atoms with Crippen LogP contribution in [0.4, 0.5) is 5.69 Å². The van der Waals surface area contributed by atoms with Crippen molar-refractivity contribution in [3.63, 3.8) is 0 Å². The number of nitrogens with zero attached hydrogens (tertiary/aromatic N) is 1. The van der Waals surface area contributed by atoms with E-state index in [-0.39, 0.29) is 6.04 Å². The Bertz CT molecular complexity index is 565. The number of ether oxygens (including phenoxy) is 1. The third-order valence-corrected chi connectivity index (χ3v) is 3.97. The number of aromatic nitrogens is 1. The molecule has 0 fully saturated rings. The molecule has 0 saturated heterocycles. The molecular formula is C18H25N3OS. The Labute approximate surface area is 143 Å². The predicted molar refractivity (Wildman–Crippen MR) is 99.4 cm³/mol. The van der Waals surface area contributed by atoms with Crippen molar-refractivity contribution in [3.8, 4) is 5.88 Å². The molecule has 0 saturated carbocycles. The number of aryl methyl sites for hydroxylation is 1. The maximum absolute atomic E-state index is 5.87. The highest BCUT2D eigenvalue weighted by molar-refractivity contribution is 7.80. The average molecular weight is 331 g/mol. The first kappa shape index (κ1) is 17.6. The van der Waals surface area contributed by atoms with E-state index >= 15 is 0 Å². The number of nitrogens with one attached hydrogen (secondary N) is 1. The van der Waals surface area contributed by atoms with Crippen molar-refractivity contribution in [3.05, 3.63) is 54.2 Å². The van der Waals surface area contributed by atoms with Gasteiger partial charge in [-0.3, -0.25) is 0 Å². The molecule has 0 aliphatic rings. The second-order valence-electron chi connectivity index (χ2n) is 5.47. The van der Waals surface area contributed by atoms with Crippen LogP contribution in [0.15, 0.2) is 48.7 Å². The number of nitrogens with two attached hydrogens (primary N) is 1. The summed E-state index contributed by atoms with van der Waals surface area (Å²) < 4.78 is 5.81. The average Bonchev–Trinajstić information content (AvgIpc) is 2.61. The van der Waals surface area contributed by atoms with Crippen LogP contribution in [0.25, 0.3) is 0 Å². The van der Waals surface area contributed by atoms with Gasteiger partial charge in [-0.15, -0.1) is 0 Å². The summed E-state index contributed by atoms with van der Waals surface area (Å²) in [7, 11) is 0. The van der Waals surface area contributed by atoms with Crippen molar-refractivity contribution < 1.29 is 4.74 Å². The van der Waals surface area contributed by atoms with Gasteiger partial charge in [-0.1, -0.05) is 30.3 Å². The molecule has 0 aliphatic carbocycles. The molecule has 1 aromatic heterocycles. The molecule has 0 bridgehead atoms. The largest absolute Gasteiger partial charge is 0.476 e. The highest BCUT2D eigenvalue weighted by Gasteiger charge is 2.06. The van der Waals surface area contributed by atoms with E-state index in [4.69, 9.17) is 10.5 Å². The van der Waals surface area contributed by atoms with E-state index in [0.717, 1.165) is 24.9 Å². The van der Waals surface area contributed by atoms with Crippen LogP contribution in [0.1, 0.15) is 18.4 Å². The lowest BCUT2D eigenvalue weighted by atomic mass is 10.1. The number of anilines is 1. The fourth-order valence-electron chi connectivity index (χ4n) is 2.19. The lowest BCUT2D eigenvalue weighted by Crippen LogP contribution is -2.30. The van der Waals surface area contributed by atoms with E-state index in [1.54, 1.807) is 6.20 Å². The highest BCUT2D eigenvalue weighted by Crippen LogP contribution is 2.20. The highest BCUT2D eigenvalue weighted by atomic mass is 32.1. The summed E-state index contributed by atoms with van der Waals surface area (Å²) in [6.45, 7) is 1.32. The molecule has 2 rings (SSSR count). The normalized spacial score (nSPS) is 11.9. The quantitative estimate of drug-likeness (QED) is 0.462. The molecule has 4 nitrogen and oxygen atoms in total. The lowest BCUT2D eigenvalue weighted by molar-refractivity contribution is 0.297. The van der Waals surface area contributed by atoms with Crippen molar-refractivity contribution in [2.24, 2.45) is 5.73 Å². The van der Waals surface area contributed by atoms with Crippen LogP contribution in [-0.4, -0.2) is 29.9 Å². The fourth-order valence-corrected chi connectivity index (χ4v) is 2.32. The SMILES string of the molecule is NC(CS)CNc1cccnc1OCCCCc1ccccc1. The summed E-state index contributed by atoms with van der Waals surface area (Å²) in [5.74, 6) is 1.28. The van der Waals surface area contributed by atoms with Gasteiger partial charge in [0.05, 0.1) is 12.3 Å². The summed E-state index contributed by atoms with van der Waals surface area (Å²) >= 11 is 4.19. The molecule has 3 N–H and O–H groups in total. The molecule has 0 spiro atoms. The van der Waals surface area contributed by atoms with Crippen LogP contribution >= 0.6 is 12.6 Å². The van der Waals surface area contributed by atoms with Gasteiger partial charge in [0.15, 0.2) is 0 Å². The number of unbranched alkanes of at least 4 members (excludes halogenated alkanes) is 1. The van der Waals surface area contributed by atoms with Crippen LogP contribution in [0, 0.1) is 0 Å². The molecule has 1 atom stereocenters. The van der Waals surface area contributed by atoms with Crippen LogP contribution < -0.4 is 15.8 Å². The van der Waals surface area contributed by atoms with E-state index in [1.165, 1.54) is 5.56 Å². The minimum absolute atomic E-state index is 0.0114. The molecule has 1 unspecified atom stereocenters. The molecule has 23 heavy (non-hydrogen) atoms. The molecule has 1 heterocycles. The second-order valence-corrected chi connectivity index (χ2v) is 5.84. The minimum atomic E-state index is 0.0114. The van der Waals surface area contributed by atoms with E-state index in [2.05, 4.69) is 47.2 Å². The zero-order chi connectivity index (χ0) is 16.3. The zero-order valence-corrected chi connectivity index (χ0v) is 14.2. The third kappa shape index (κ3) is 6.50. The van der Waals surface area contributed by atoms with Crippen LogP contribution in [0.2, 0.25) is 0 Å². The fraction of sp³-hybridized carbons (Fsp3) is 0.389. The van der Waals surface area contributed by atoms with Crippen molar-refractivity contribution in [1.29, 1.82) is 0 Å². The first-order valence-corrected chi connectivity index (χ1v) is 8.65. The van der Waals surface area contributed by atoms with E-state index in [9.17, 15) is 0 Å². The standard InChI is InChI=1S/C18H25N3OS/c19-16(14-23)13-21-17-10-6-11-20-18(17)22-12-5-4-9-15-7-2-1-3-8-15/h1-3,6-8,10-11,16,21,23H,4-5,9,12-14,19H2. The van der Waals surface area contributed by atoms with Gasteiger partial charge in [-0.05, 0) is 37.0 Å². The van der Waals surface area contributed by atoms with Gasteiger partial charge in [-0.2, -0.15) is 12.6 Å². The predicted octanol–water partition coefficient (Wildman–Crippen LogP) is 3.15. The molecule has 5 heteroatoms. The van der Waals surface area contributed by atoms with Gasteiger partial charge in [0.1, 0.15) is 0 Å². The number of pyridine rings is 1. The Morgan fingerprint density at radius 2 is 1.96 bits per heavy atom. The molecular weight excluding hydrogens is 306 g/mol. The Kier molecular flexibility index (Phi) is 7.77.